The Balaban J connectivity index is 1.60. The van der Waals surface area contributed by atoms with Crippen molar-refractivity contribution in [3.05, 3.63) is 35.6 Å². The van der Waals surface area contributed by atoms with Crippen molar-refractivity contribution in [2.24, 2.45) is 0 Å². The molecule has 1 atom stereocenters. The fraction of sp³-hybridized carbons (Fsp3) is 0.400. The number of carbonyl (C=O) groups is 3. The molecule has 1 aromatic carbocycles. The van der Waals surface area contributed by atoms with E-state index in [4.69, 9.17) is 4.74 Å². The van der Waals surface area contributed by atoms with E-state index < -0.39 is 6.09 Å². The molecule has 22 heavy (non-hydrogen) atoms. The molecular formula is C15H15FN2O4. The van der Waals surface area contributed by atoms with Gasteiger partial charge in [-0.05, 0) is 24.1 Å². The Morgan fingerprint density at radius 2 is 2.00 bits per heavy atom. The summed E-state index contributed by atoms with van der Waals surface area (Å²) in [5.74, 6) is -0.805. The standard InChI is InChI=1S/C15H15FN2O4/c16-11-3-1-10(2-4-11)7-13(19)17-6-5-12(8-17)18-14(20)9-22-15(18)21/h1-4,12H,5-9H2. The number of cyclic esters (lactones) is 1. The molecule has 2 fully saturated rings. The lowest BCUT2D eigenvalue weighted by atomic mass is 10.1. The first-order chi connectivity index (χ1) is 10.5. The van der Waals surface area contributed by atoms with Crippen LogP contribution < -0.4 is 0 Å². The molecule has 2 aliphatic heterocycles. The van der Waals surface area contributed by atoms with Crippen molar-refractivity contribution in [3.63, 3.8) is 0 Å². The molecule has 3 amide bonds. The quantitative estimate of drug-likeness (QED) is 0.834. The van der Waals surface area contributed by atoms with E-state index in [1.165, 1.54) is 12.1 Å². The van der Waals surface area contributed by atoms with Crippen molar-refractivity contribution in [3.8, 4) is 0 Å². The van der Waals surface area contributed by atoms with Crippen LogP contribution in [0.25, 0.3) is 0 Å². The Morgan fingerprint density at radius 1 is 1.27 bits per heavy atom. The number of nitrogens with zero attached hydrogens (tertiary/aromatic N) is 2. The average Bonchev–Trinajstić information content (AvgIpc) is 3.08. The van der Waals surface area contributed by atoms with Crippen molar-refractivity contribution in [2.45, 2.75) is 18.9 Å². The molecule has 2 aliphatic rings. The van der Waals surface area contributed by atoms with Gasteiger partial charge in [-0.25, -0.2) is 14.1 Å². The summed E-state index contributed by atoms with van der Waals surface area (Å²) >= 11 is 0. The highest BCUT2D eigenvalue weighted by molar-refractivity contribution is 5.98. The van der Waals surface area contributed by atoms with E-state index >= 15 is 0 Å². The van der Waals surface area contributed by atoms with Crippen molar-refractivity contribution >= 4 is 17.9 Å². The number of imide groups is 1. The van der Waals surface area contributed by atoms with Gasteiger partial charge in [0.2, 0.25) is 5.91 Å². The molecule has 0 spiro atoms. The van der Waals surface area contributed by atoms with Crippen molar-refractivity contribution in [2.75, 3.05) is 19.7 Å². The Labute approximate surface area is 126 Å². The highest BCUT2D eigenvalue weighted by atomic mass is 19.1. The number of halogens is 1. The third-order valence-corrected chi connectivity index (χ3v) is 3.93. The van der Waals surface area contributed by atoms with E-state index in [2.05, 4.69) is 0 Å². The van der Waals surface area contributed by atoms with Gasteiger partial charge in [0.1, 0.15) is 5.82 Å². The summed E-state index contributed by atoms with van der Waals surface area (Å²) in [4.78, 5) is 38.1. The molecular weight excluding hydrogens is 291 g/mol. The van der Waals surface area contributed by atoms with Gasteiger partial charge in [-0.1, -0.05) is 12.1 Å². The van der Waals surface area contributed by atoms with Crippen LogP contribution in [0.1, 0.15) is 12.0 Å². The number of carbonyl (C=O) groups excluding carboxylic acids is 3. The van der Waals surface area contributed by atoms with Gasteiger partial charge in [0.05, 0.1) is 12.5 Å². The lowest BCUT2D eigenvalue weighted by Crippen LogP contribution is -2.42. The van der Waals surface area contributed by atoms with Crippen LogP contribution in [-0.2, 0) is 20.7 Å². The molecule has 0 saturated carbocycles. The van der Waals surface area contributed by atoms with Crippen LogP contribution in [0.3, 0.4) is 0 Å². The predicted octanol–water partition coefficient (Wildman–Crippen LogP) is 0.948. The Morgan fingerprint density at radius 3 is 2.64 bits per heavy atom. The van der Waals surface area contributed by atoms with E-state index in [1.54, 1.807) is 17.0 Å². The van der Waals surface area contributed by atoms with Crippen LogP contribution in [0.15, 0.2) is 24.3 Å². The van der Waals surface area contributed by atoms with Gasteiger partial charge in [-0.15, -0.1) is 0 Å². The third-order valence-electron chi connectivity index (χ3n) is 3.93. The minimum absolute atomic E-state index is 0.103. The second-order valence-corrected chi connectivity index (χ2v) is 5.40. The van der Waals surface area contributed by atoms with Crippen LogP contribution in [-0.4, -0.2) is 53.4 Å². The van der Waals surface area contributed by atoms with Gasteiger partial charge in [-0.3, -0.25) is 9.59 Å². The maximum absolute atomic E-state index is 12.8. The molecule has 1 aromatic rings. The number of benzene rings is 1. The first-order valence-corrected chi connectivity index (χ1v) is 7.05. The zero-order valence-corrected chi connectivity index (χ0v) is 11.8. The average molecular weight is 306 g/mol. The zero-order valence-electron chi connectivity index (χ0n) is 11.8. The second-order valence-electron chi connectivity index (χ2n) is 5.40. The fourth-order valence-electron chi connectivity index (χ4n) is 2.78. The van der Waals surface area contributed by atoms with E-state index in [1.807, 2.05) is 0 Å². The molecule has 6 nitrogen and oxygen atoms in total. The minimum Gasteiger partial charge on any atom is -0.439 e. The first kappa shape index (κ1) is 14.5. The third kappa shape index (κ3) is 2.79. The number of hydrogen-bond donors (Lipinski definition) is 0. The van der Waals surface area contributed by atoms with E-state index in [9.17, 15) is 18.8 Å². The molecule has 2 saturated heterocycles. The van der Waals surface area contributed by atoms with E-state index in [0.717, 1.165) is 10.5 Å². The van der Waals surface area contributed by atoms with Gasteiger partial charge < -0.3 is 9.64 Å². The number of hydrogen-bond acceptors (Lipinski definition) is 4. The lowest BCUT2D eigenvalue weighted by Gasteiger charge is -2.20. The topological polar surface area (TPSA) is 66.9 Å². The normalized spacial score (nSPS) is 21.4. The Bertz CT molecular complexity index is 600. The number of ether oxygens (including phenoxy) is 1. The van der Waals surface area contributed by atoms with Gasteiger partial charge in [-0.2, -0.15) is 0 Å². The summed E-state index contributed by atoms with van der Waals surface area (Å²) in [6, 6.07) is 5.45. The molecule has 0 aliphatic carbocycles. The summed E-state index contributed by atoms with van der Waals surface area (Å²) in [5.41, 5.74) is 0.728. The van der Waals surface area contributed by atoms with E-state index in [-0.39, 0.29) is 36.7 Å². The second kappa shape index (κ2) is 5.75. The molecule has 116 valence electrons. The monoisotopic (exact) mass is 306 g/mol. The molecule has 7 heteroatoms. The number of rotatable bonds is 3. The molecule has 0 aromatic heterocycles. The molecule has 3 rings (SSSR count). The maximum Gasteiger partial charge on any atom is 0.417 e. The van der Waals surface area contributed by atoms with E-state index in [0.29, 0.717) is 19.5 Å². The van der Waals surface area contributed by atoms with Crippen LogP contribution in [0.4, 0.5) is 9.18 Å². The smallest absolute Gasteiger partial charge is 0.417 e. The number of likely N-dealkylation sites (tertiary alicyclic amines) is 1. The summed E-state index contributed by atoms with van der Waals surface area (Å²) < 4.78 is 17.5. The summed E-state index contributed by atoms with van der Waals surface area (Å²) in [7, 11) is 0. The highest BCUT2D eigenvalue weighted by Crippen LogP contribution is 2.20. The summed E-state index contributed by atoms with van der Waals surface area (Å²) in [6.45, 7) is 0.585. The predicted molar refractivity (Wildman–Crippen MR) is 73.3 cm³/mol. The van der Waals surface area contributed by atoms with Crippen molar-refractivity contribution in [1.82, 2.24) is 9.80 Å². The van der Waals surface area contributed by atoms with Gasteiger partial charge in [0, 0.05) is 13.1 Å². The van der Waals surface area contributed by atoms with Crippen LogP contribution >= 0.6 is 0 Å². The van der Waals surface area contributed by atoms with Crippen LogP contribution in [0.5, 0.6) is 0 Å². The highest BCUT2D eigenvalue weighted by Gasteiger charge is 2.41. The molecule has 2 heterocycles. The van der Waals surface area contributed by atoms with Gasteiger partial charge in [0.15, 0.2) is 6.61 Å². The van der Waals surface area contributed by atoms with Crippen LogP contribution in [0, 0.1) is 5.82 Å². The number of amides is 3. The SMILES string of the molecule is O=C(Cc1ccc(F)cc1)N1CCC(N2C(=O)COC2=O)C1. The van der Waals surface area contributed by atoms with Gasteiger partial charge >= 0.3 is 6.09 Å². The minimum atomic E-state index is -0.636. The lowest BCUT2D eigenvalue weighted by molar-refractivity contribution is -0.131. The first-order valence-electron chi connectivity index (χ1n) is 7.05. The molecule has 0 N–H and O–H groups in total. The fourth-order valence-corrected chi connectivity index (χ4v) is 2.78. The maximum atomic E-state index is 12.8. The molecule has 0 radical (unpaired) electrons. The van der Waals surface area contributed by atoms with Crippen molar-refractivity contribution < 1.29 is 23.5 Å². The largest absolute Gasteiger partial charge is 0.439 e. The van der Waals surface area contributed by atoms with Gasteiger partial charge in [0.25, 0.3) is 5.91 Å². The Hall–Kier alpha value is -2.44. The molecule has 1 unspecified atom stereocenters. The molecule has 0 bridgehead atoms. The zero-order chi connectivity index (χ0) is 15.7. The van der Waals surface area contributed by atoms with Crippen molar-refractivity contribution in [1.29, 1.82) is 0 Å². The van der Waals surface area contributed by atoms with Crippen LogP contribution in [0.2, 0.25) is 0 Å². The summed E-state index contributed by atoms with van der Waals surface area (Å²) in [5, 5.41) is 0. The summed E-state index contributed by atoms with van der Waals surface area (Å²) in [6.07, 6.45) is 0.0873. The Kier molecular flexibility index (Phi) is 3.79.